The number of benzene rings is 3. The molecule has 0 bridgehead atoms. The molecule has 3 heterocycles. The molecule has 0 radical (unpaired) electrons. The SMILES string of the molecule is C=C(/C=C\C(=C/C)C(=O)N1CCN(C)CC1)c1ccc(-n2c(-c3cccc(-c4cnc5ccccc5c4)c3)c(C=N)ccc2=O)cc1C(F)(F)F. The fourth-order valence-electron chi connectivity index (χ4n) is 6.25. The molecule has 1 amide bonds. The third-order valence-corrected chi connectivity index (χ3v) is 9.06. The number of carbonyl (C=O) groups excluding carboxylic acids is 1. The van der Waals surface area contributed by atoms with Crippen molar-refractivity contribution in [1.82, 2.24) is 19.4 Å². The maximum absolute atomic E-state index is 14.7. The van der Waals surface area contributed by atoms with Crippen LogP contribution in [0, 0.1) is 5.41 Å². The Morgan fingerprint density at radius 3 is 2.35 bits per heavy atom. The van der Waals surface area contributed by atoms with E-state index in [0.29, 0.717) is 29.8 Å². The van der Waals surface area contributed by atoms with Gasteiger partial charge >= 0.3 is 6.18 Å². The van der Waals surface area contributed by atoms with E-state index in [4.69, 9.17) is 5.41 Å². The Labute approximate surface area is 293 Å². The Kier molecular flexibility index (Phi) is 9.97. The second-order valence-corrected chi connectivity index (χ2v) is 12.4. The lowest BCUT2D eigenvalue weighted by Crippen LogP contribution is -2.47. The zero-order valence-corrected chi connectivity index (χ0v) is 28.2. The summed E-state index contributed by atoms with van der Waals surface area (Å²) in [5.74, 6) is -0.194. The predicted octanol–water partition coefficient (Wildman–Crippen LogP) is 8.03. The average molecular weight is 688 g/mol. The van der Waals surface area contributed by atoms with Gasteiger partial charge in [0.2, 0.25) is 0 Å². The van der Waals surface area contributed by atoms with Gasteiger partial charge in [-0.2, -0.15) is 13.2 Å². The van der Waals surface area contributed by atoms with Crippen LogP contribution in [0.15, 0.2) is 126 Å². The van der Waals surface area contributed by atoms with E-state index in [2.05, 4.69) is 16.5 Å². The van der Waals surface area contributed by atoms with Crippen molar-refractivity contribution in [1.29, 1.82) is 5.41 Å². The summed E-state index contributed by atoms with van der Waals surface area (Å²) in [6.07, 6.45) is 2.55. The molecule has 10 heteroatoms. The van der Waals surface area contributed by atoms with Crippen molar-refractivity contribution in [3.63, 3.8) is 0 Å². The van der Waals surface area contributed by atoms with Gasteiger partial charge < -0.3 is 15.2 Å². The monoisotopic (exact) mass is 687 g/mol. The Bertz CT molecular complexity index is 2280. The number of carbonyl (C=O) groups is 1. The minimum Gasteiger partial charge on any atom is -0.336 e. The van der Waals surface area contributed by atoms with Crippen LogP contribution in [-0.4, -0.2) is 64.7 Å². The predicted molar refractivity (Wildman–Crippen MR) is 197 cm³/mol. The Morgan fingerprint density at radius 2 is 1.63 bits per heavy atom. The first kappa shape index (κ1) is 35.0. The number of aromatic nitrogens is 2. The van der Waals surface area contributed by atoms with E-state index in [1.807, 2.05) is 49.5 Å². The maximum Gasteiger partial charge on any atom is 0.417 e. The highest BCUT2D eigenvalue weighted by Crippen LogP contribution is 2.38. The Hall–Kier alpha value is -5.87. The van der Waals surface area contributed by atoms with Crippen LogP contribution in [0.1, 0.15) is 23.6 Å². The van der Waals surface area contributed by atoms with Crippen LogP contribution in [0.2, 0.25) is 0 Å². The first-order valence-electron chi connectivity index (χ1n) is 16.4. The number of rotatable bonds is 8. The van der Waals surface area contributed by atoms with Gasteiger partial charge in [0.05, 0.1) is 16.8 Å². The highest BCUT2D eigenvalue weighted by Gasteiger charge is 2.34. The third kappa shape index (κ3) is 7.36. The summed E-state index contributed by atoms with van der Waals surface area (Å²) in [4.78, 5) is 35.0. The number of pyridine rings is 2. The van der Waals surface area contributed by atoms with Gasteiger partial charge in [0.25, 0.3) is 11.5 Å². The van der Waals surface area contributed by atoms with Crippen LogP contribution < -0.4 is 5.56 Å². The molecular weight excluding hydrogens is 651 g/mol. The standard InChI is InChI=1S/C41H36F3N5O2/c1-4-28(40(51)48-20-18-47(3)19-21-48)13-12-27(2)35-16-15-34(24-36(35)41(42,43)44)49-38(50)17-14-32(25-45)39(49)31-10-7-9-29(22-31)33-23-30-8-5-6-11-37(30)46-26-33/h4-17,22-26,45H,2,18-21H2,1,3H3/b13-12-,28-4+,45-25?. The minimum absolute atomic E-state index is 0.0243. The molecule has 6 rings (SSSR count). The number of fused-ring (bicyclic) bond motifs is 1. The van der Waals surface area contributed by atoms with Crippen molar-refractivity contribution in [2.24, 2.45) is 0 Å². The fourth-order valence-corrected chi connectivity index (χ4v) is 6.25. The minimum atomic E-state index is -4.80. The van der Waals surface area contributed by atoms with Crippen LogP contribution in [0.25, 0.3) is 44.5 Å². The van der Waals surface area contributed by atoms with Crippen LogP contribution in [0.3, 0.4) is 0 Å². The lowest BCUT2D eigenvalue weighted by atomic mass is 9.97. The second-order valence-electron chi connectivity index (χ2n) is 12.4. The largest absolute Gasteiger partial charge is 0.417 e. The average Bonchev–Trinajstić information content (AvgIpc) is 3.14. The highest BCUT2D eigenvalue weighted by atomic mass is 19.4. The molecule has 0 aliphatic carbocycles. The summed E-state index contributed by atoms with van der Waals surface area (Å²) in [5, 5.41) is 9.06. The third-order valence-electron chi connectivity index (χ3n) is 9.06. The van der Waals surface area contributed by atoms with Crippen molar-refractivity contribution < 1.29 is 18.0 Å². The van der Waals surface area contributed by atoms with Gasteiger partial charge in [0.15, 0.2) is 0 Å². The summed E-state index contributed by atoms with van der Waals surface area (Å²) in [5.41, 5.74) is 2.23. The Balaban J connectivity index is 1.39. The summed E-state index contributed by atoms with van der Waals surface area (Å²) < 4.78 is 45.4. The van der Waals surface area contributed by atoms with Gasteiger partial charge in [-0.05, 0) is 78.7 Å². The van der Waals surface area contributed by atoms with E-state index in [-0.39, 0.29) is 28.4 Å². The first-order chi connectivity index (χ1) is 24.5. The second kappa shape index (κ2) is 14.5. The van der Waals surface area contributed by atoms with Crippen LogP contribution >= 0.6 is 0 Å². The first-order valence-corrected chi connectivity index (χ1v) is 16.4. The molecule has 1 aliphatic rings. The number of halogens is 3. The zero-order chi connectivity index (χ0) is 36.3. The summed E-state index contributed by atoms with van der Waals surface area (Å²) >= 11 is 0. The van der Waals surface area contributed by atoms with Crippen molar-refractivity contribution in [2.75, 3.05) is 33.2 Å². The number of likely N-dealkylation sites (N-methyl/N-ethyl adjacent to an activating group) is 1. The number of hydrogen-bond acceptors (Lipinski definition) is 5. The smallest absolute Gasteiger partial charge is 0.336 e. The van der Waals surface area contributed by atoms with E-state index in [1.165, 1.54) is 41.0 Å². The molecule has 7 nitrogen and oxygen atoms in total. The summed E-state index contributed by atoms with van der Waals surface area (Å²) in [7, 11) is 1.98. The van der Waals surface area contributed by atoms with Crippen LogP contribution in [0.4, 0.5) is 13.2 Å². The number of allylic oxidation sites excluding steroid dienone is 3. The fraction of sp³-hybridized carbons (Fsp3) is 0.171. The van der Waals surface area contributed by atoms with E-state index in [9.17, 15) is 22.8 Å². The van der Waals surface area contributed by atoms with E-state index in [1.54, 1.807) is 36.2 Å². The van der Waals surface area contributed by atoms with Gasteiger partial charge in [-0.15, -0.1) is 0 Å². The molecule has 5 aromatic rings. The normalized spacial score (nSPS) is 14.3. The lowest BCUT2D eigenvalue weighted by Gasteiger charge is -2.32. The maximum atomic E-state index is 14.7. The molecule has 0 atom stereocenters. The number of para-hydroxylation sites is 1. The van der Waals surface area contributed by atoms with Gasteiger partial charge in [-0.25, -0.2) is 0 Å². The topological polar surface area (TPSA) is 82.3 Å². The number of nitrogens with zero attached hydrogens (tertiary/aromatic N) is 4. The van der Waals surface area contributed by atoms with Crippen LogP contribution in [0.5, 0.6) is 0 Å². The molecule has 258 valence electrons. The molecule has 0 saturated carbocycles. The van der Waals surface area contributed by atoms with E-state index < -0.39 is 17.3 Å². The molecule has 0 spiro atoms. The Morgan fingerprint density at radius 1 is 0.882 bits per heavy atom. The number of nitrogens with one attached hydrogen (secondary N) is 1. The summed E-state index contributed by atoms with van der Waals surface area (Å²) in [6, 6.07) is 23.3. The lowest BCUT2D eigenvalue weighted by molar-refractivity contribution is -0.137. The van der Waals surface area contributed by atoms with Crippen molar-refractivity contribution in [3.8, 4) is 28.1 Å². The number of amides is 1. The highest BCUT2D eigenvalue weighted by molar-refractivity contribution is 5.97. The molecular formula is C41H36F3N5O2. The van der Waals surface area contributed by atoms with Crippen molar-refractivity contribution in [2.45, 2.75) is 13.1 Å². The molecule has 1 saturated heterocycles. The molecule has 2 aromatic heterocycles. The molecule has 1 N–H and O–H groups in total. The summed E-state index contributed by atoms with van der Waals surface area (Å²) in [6.45, 7) is 8.21. The number of hydrogen-bond donors (Lipinski definition) is 1. The van der Waals surface area contributed by atoms with Crippen LogP contribution in [-0.2, 0) is 11.0 Å². The van der Waals surface area contributed by atoms with Crippen molar-refractivity contribution in [3.05, 3.63) is 149 Å². The van der Waals surface area contributed by atoms with Gasteiger partial charge in [-0.3, -0.25) is 19.1 Å². The molecule has 3 aromatic carbocycles. The molecule has 1 aliphatic heterocycles. The van der Waals surface area contributed by atoms with E-state index >= 15 is 0 Å². The molecule has 51 heavy (non-hydrogen) atoms. The quantitative estimate of drug-likeness (QED) is 0.102. The van der Waals surface area contributed by atoms with Crippen molar-refractivity contribution >= 4 is 28.6 Å². The molecule has 1 fully saturated rings. The number of alkyl halides is 3. The molecule has 0 unspecified atom stereocenters. The number of piperazine rings is 1. The zero-order valence-electron chi connectivity index (χ0n) is 28.2. The van der Waals surface area contributed by atoms with Gasteiger partial charge in [-0.1, -0.05) is 61.2 Å². The van der Waals surface area contributed by atoms with Gasteiger partial charge in [0.1, 0.15) is 0 Å². The van der Waals surface area contributed by atoms with Gasteiger partial charge in [0, 0.05) is 72.4 Å². The van der Waals surface area contributed by atoms with E-state index in [0.717, 1.165) is 47.4 Å².